The molecule has 0 aliphatic carbocycles. The second-order valence-electron chi connectivity index (χ2n) is 8.97. The third-order valence-electron chi connectivity index (χ3n) is 5.87. The van der Waals surface area contributed by atoms with Crippen molar-refractivity contribution in [3.63, 3.8) is 0 Å². The Morgan fingerprint density at radius 1 is 1.12 bits per heavy atom. The number of aliphatic hydroxyl groups is 1. The van der Waals surface area contributed by atoms with E-state index < -0.39 is 0 Å². The normalized spacial score (nSPS) is 16.2. The Morgan fingerprint density at radius 2 is 1.88 bits per heavy atom. The molecule has 1 fully saturated rings. The Bertz CT molecular complexity index is 1140. The van der Waals surface area contributed by atoms with Crippen molar-refractivity contribution in [3.8, 4) is 0 Å². The molecule has 3 aromatic rings. The van der Waals surface area contributed by atoms with Gasteiger partial charge in [0.1, 0.15) is 10.8 Å². The van der Waals surface area contributed by atoms with Crippen LogP contribution in [0.4, 0.5) is 28.8 Å². The van der Waals surface area contributed by atoms with Crippen LogP contribution in [0.3, 0.4) is 0 Å². The van der Waals surface area contributed by atoms with E-state index in [0.717, 1.165) is 70.9 Å². The van der Waals surface area contributed by atoms with Crippen LogP contribution in [0.15, 0.2) is 40.4 Å². The number of rotatable bonds is 7. The van der Waals surface area contributed by atoms with Crippen LogP contribution >= 0.6 is 23.5 Å². The Morgan fingerprint density at radius 3 is 2.62 bits per heavy atom. The highest BCUT2D eigenvalue weighted by atomic mass is 32.2. The number of aliphatic hydroxyl groups excluding tert-OH is 1. The summed E-state index contributed by atoms with van der Waals surface area (Å²) in [5.41, 5.74) is 4.18. The first-order valence-corrected chi connectivity index (χ1v) is 13.6. The van der Waals surface area contributed by atoms with E-state index in [9.17, 15) is 5.11 Å². The molecule has 2 aliphatic heterocycles. The van der Waals surface area contributed by atoms with E-state index in [0.29, 0.717) is 11.2 Å². The molecule has 0 unspecified atom stereocenters. The number of nitrogens with one attached hydrogen (secondary N) is 2. The molecule has 0 bridgehead atoms. The fraction of sp³-hybridized carbons (Fsp3) is 0.458. The van der Waals surface area contributed by atoms with Crippen LogP contribution < -0.4 is 15.5 Å². The van der Waals surface area contributed by atoms with Crippen LogP contribution in [0.5, 0.6) is 0 Å². The van der Waals surface area contributed by atoms with Gasteiger partial charge in [0.25, 0.3) is 0 Å². The minimum atomic E-state index is -0.165. The Balaban J connectivity index is 1.35. The van der Waals surface area contributed by atoms with E-state index in [-0.39, 0.29) is 6.10 Å². The number of anilines is 5. The fourth-order valence-electron chi connectivity index (χ4n) is 4.21. The van der Waals surface area contributed by atoms with Gasteiger partial charge in [0.2, 0.25) is 5.95 Å². The molecule has 0 spiro atoms. The Kier molecular flexibility index (Phi) is 6.89. The molecule has 8 nitrogen and oxygen atoms in total. The van der Waals surface area contributed by atoms with E-state index >= 15 is 0 Å². The number of aromatic nitrogens is 4. The topological polar surface area (TPSA) is 91.1 Å². The molecule has 34 heavy (non-hydrogen) atoms. The molecule has 0 amide bonds. The molecule has 10 heteroatoms. The zero-order chi connectivity index (χ0) is 23.7. The highest BCUT2D eigenvalue weighted by molar-refractivity contribution is 8.00. The average Bonchev–Trinajstić information content (AvgIpc) is 3.41. The summed E-state index contributed by atoms with van der Waals surface area (Å²) in [4.78, 5) is 13.1. The summed E-state index contributed by atoms with van der Waals surface area (Å²) in [6.45, 7) is 6.12. The molecule has 0 atom stereocenters. The second-order valence-corrected chi connectivity index (χ2v) is 11.6. The standard InChI is InChI=1S/C24H31N7OS2/c1-15(2)34-23-20(14-30(3)29-23)26-22-21-19(10-13-33-21)27-24(28-22)25-16-4-6-17(7-5-16)31-11-8-18(32)9-12-31/h4-7,14-15,18,32H,8-13H2,1-3H3,(H2,25,26,27,28). The number of benzene rings is 1. The van der Waals surface area contributed by atoms with Crippen LogP contribution in [0.1, 0.15) is 32.4 Å². The quantitative estimate of drug-likeness (QED) is 0.398. The van der Waals surface area contributed by atoms with Gasteiger partial charge in [0.15, 0.2) is 0 Å². The largest absolute Gasteiger partial charge is 0.393 e. The van der Waals surface area contributed by atoms with Gasteiger partial charge in [0, 0.05) is 55.1 Å². The summed E-state index contributed by atoms with van der Waals surface area (Å²) < 4.78 is 1.84. The van der Waals surface area contributed by atoms with Crippen molar-refractivity contribution in [1.82, 2.24) is 19.7 Å². The lowest BCUT2D eigenvalue weighted by Gasteiger charge is -2.31. The predicted molar refractivity (Wildman–Crippen MR) is 141 cm³/mol. The molecule has 2 aliphatic rings. The van der Waals surface area contributed by atoms with Crippen molar-refractivity contribution >= 4 is 52.4 Å². The summed E-state index contributed by atoms with van der Waals surface area (Å²) in [6, 6.07) is 8.37. The van der Waals surface area contributed by atoms with Crippen molar-refractivity contribution in [2.75, 3.05) is 34.4 Å². The second kappa shape index (κ2) is 10.1. The molecule has 5 rings (SSSR count). The van der Waals surface area contributed by atoms with Crippen molar-refractivity contribution in [1.29, 1.82) is 0 Å². The SMILES string of the molecule is CC(C)Sc1nn(C)cc1Nc1nc(Nc2ccc(N3CCC(O)CC3)cc2)nc2c1SCC2. The van der Waals surface area contributed by atoms with Gasteiger partial charge in [-0.3, -0.25) is 4.68 Å². The highest BCUT2D eigenvalue weighted by Gasteiger charge is 2.22. The third kappa shape index (κ3) is 5.29. The van der Waals surface area contributed by atoms with Crippen molar-refractivity contribution < 1.29 is 5.11 Å². The number of fused-ring (bicyclic) bond motifs is 1. The third-order valence-corrected chi connectivity index (χ3v) is 7.99. The van der Waals surface area contributed by atoms with Gasteiger partial charge in [-0.2, -0.15) is 10.1 Å². The molecule has 0 saturated carbocycles. The van der Waals surface area contributed by atoms with Crippen LogP contribution in [-0.4, -0.2) is 55.1 Å². The Hall–Kier alpha value is -2.43. The first-order valence-electron chi connectivity index (χ1n) is 11.8. The van der Waals surface area contributed by atoms with Crippen molar-refractivity contribution in [2.24, 2.45) is 7.05 Å². The van der Waals surface area contributed by atoms with Gasteiger partial charge in [-0.15, -0.1) is 11.8 Å². The maximum Gasteiger partial charge on any atom is 0.229 e. The van der Waals surface area contributed by atoms with Gasteiger partial charge in [-0.05, 0) is 37.1 Å². The molecular weight excluding hydrogens is 466 g/mol. The number of aryl methyl sites for hydroxylation is 2. The lowest BCUT2D eigenvalue weighted by Crippen LogP contribution is -2.35. The molecule has 1 aromatic carbocycles. The van der Waals surface area contributed by atoms with Crippen molar-refractivity contribution in [3.05, 3.63) is 36.2 Å². The fourth-order valence-corrected chi connectivity index (χ4v) is 6.11. The van der Waals surface area contributed by atoms with Crippen LogP contribution in [0, 0.1) is 0 Å². The van der Waals surface area contributed by atoms with Crippen LogP contribution in [0.2, 0.25) is 0 Å². The maximum absolute atomic E-state index is 9.76. The highest BCUT2D eigenvalue weighted by Crippen LogP contribution is 2.39. The van der Waals surface area contributed by atoms with Gasteiger partial charge in [-0.25, -0.2) is 4.98 Å². The smallest absolute Gasteiger partial charge is 0.229 e. The predicted octanol–water partition coefficient (Wildman–Crippen LogP) is 4.81. The minimum Gasteiger partial charge on any atom is -0.393 e. The summed E-state index contributed by atoms with van der Waals surface area (Å²) in [6.07, 6.45) is 4.42. The van der Waals surface area contributed by atoms with E-state index in [2.05, 4.69) is 58.7 Å². The van der Waals surface area contributed by atoms with Gasteiger partial charge >= 0.3 is 0 Å². The molecule has 180 valence electrons. The van der Waals surface area contributed by atoms with Crippen molar-refractivity contribution in [2.45, 2.75) is 54.4 Å². The number of hydrogen-bond acceptors (Lipinski definition) is 9. The van der Waals surface area contributed by atoms with E-state index in [1.807, 2.05) is 17.9 Å². The lowest BCUT2D eigenvalue weighted by molar-refractivity contribution is 0.145. The summed E-state index contributed by atoms with van der Waals surface area (Å²) in [5.74, 6) is 2.44. The molecule has 4 heterocycles. The Labute approximate surface area is 208 Å². The lowest BCUT2D eigenvalue weighted by atomic mass is 10.1. The zero-order valence-corrected chi connectivity index (χ0v) is 21.4. The summed E-state index contributed by atoms with van der Waals surface area (Å²) >= 11 is 3.54. The number of nitrogens with zero attached hydrogens (tertiary/aromatic N) is 5. The number of piperidine rings is 1. The molecular formula is C24H31N7OS2. The first kappa shape index (κ1) is 23.3. The maximum atomic E-state index is 9.76. The number of hydrogen-bond donors (Lipinski definition) is 3. The number of thioether (sulfide) groups is 2. The summed E-state index contributed by atoms with van der Waals surface area (Å²) in [7, 11) is 1.94. The van der Waals surface area contributed by atoms with Gasteiger partial charge < -0.3 is 20.6 Å². The minimum absolute atomic E-state index is 0.165. The van der Waals surface area contributed by atoms with Gasteiger partial charge in [0.05, 0.1) is 22.4 Å². The average molecular weight is 498 g/mol. The van der Waals surface area contributed by atoms with Crippen LogP contribution in [0.25, 0.3) is 0 Å². The molecule has 3 N–H and O–H groups in total. The van der Waals surface area contributed by atoms with Crippen LogP contribution in [-0.2, 0) is 13.5 Å². The molecule has 2 aromatic heterocycles. The van der Waals surface area contributed by atoms with Gasteiger partial charge in [-0.1, -0.05) is 25.6 Å². The zero-order valence-electron chi connectivity index (χ0n) is 19.8. The monoisotopic (exact) mass is 497 g/mol. The van der Waals surface area contributed by atoms with E-state index in [1.165, 1.54) is 5.69 Å². The summed E-state index contributed by atoms with van der Waals surface area (Å²) in [5, 5.41) is 22.7. The van der Waals surface area contributed by atoms with E-state index in [1.54, 1.807) is 23.5 Å². The first-order chi connectivity index (χ1) is 16.4. The van der Waals surface area contributed by atoms with E-state index in [4.69, 9.17) is 9.97 Å². The molecule has 1 saturated heterocycles. The molecule has 0 radical (unpaired) electrons.